The Kier molecular flexibility index (Phi) is 59.7. The molecule has 6 nitrogen and oxygen atoms in total. The lowest BCUT2D eigenvalue weighted by molar-refractivity contribution is -0.167. The lowest BCUT2D eigenvalue weighted by Gasteiger charge is -2.18. The zero-order chi connectivity index (χ0) is 53.6. The monoisotopic (exact) mass is 1030 g/mol. The zero-order valence-corrected chi connectivity index (χ0v) is 49.1. The predicted molar refractivity (Wildman–Crippen MR) is 321 cm³/mol. The lowest BCUT2D eigenvalue weighted by Crippen LogP contribution is -2.30. The second kappa shape index (κ2) is 62.4. The van der Waals surface area contributed by atoms with E-state index in [1.54, 1.807) is 0 Å². The number of hydrogen-bond acceptors (Lipinski definition) is 6. The van der Waals surface area contributed by atoms with E-state index >= 15 is 0 Å². The van der Waals surface area contributed by atoms with Gasteiger partial charge in [-0.2, -0.15) is 0 Å². The maximum Gasteiger partial charge on any atom is 0.306 e. The third kappa shape index (κ3) is 59.7. The van der Waals surface area contributed by atoms with E-state index in [9.17, 15) is 14.4 Å². The van der Waals surface area contributed by atoms with Crippen LogP contribution in [0.3, 0.4) is 0 Å². The maximum absolute atomic E-state index is 12.9. The second-order valence-electron chi connectivity index (χ2n) is 21.3. The number of unbranched alkanes of at least 4 members (excludes halogenated alkanes) is 35. The van der Waals surface area contributed by atoms with Crippen molar-refractivity contribution >= 4 is 17.9 Å². The van der Waals surface area contributed by atoms with E-state index < -0.39 is 6.10 Å². The van der Waals surface area contributed by atoms with Crippen LogP contribution in [0.15, 0.2) is 72.9 Å². The Morgan fingerprint density at radius 3 is 0.865 bits per heavy atom. The van der Waals surface area contributed by atoms with Crippen molar-refractivity contribution in [3.8, 4) is 0 Å². The van der Waals surface area contributed by atoms with Crippen molar-refractivity contribution in [3.63, 3.8) is 0 Å². The molecule has 0 aliphatic carbocycles. The quantitative estimate of drug-likeness (QED) is 0.0261. The van der Waals surface area contributed by atoms with Crippen LogP contribution >= 0.6 is 0 Å². The van der Waals surface area contributed by atoms with Crippen LogP contribution in [-0.4, -0.2) is 37.2 Å². The molecule has 0 aromatic carbocycles. The molecular weight excluding hydrogens is 913 g/mol. The fourth-order valence-corrected chi connectivity index (χ4v) is 9.17. The fourth-order valence-electron chi connectivity index (χ4n) is 9.17. The van der Waals surface area contributed by atoms with Gasteiger partial charge in [0, 0.05) is 19.3 Å². The van der Waals surface area contributed by atoms with Crippen LogP contribution in [0, 0.1) is 0 Å². The number of ether oxygens (including phenoxy) is 3. The molecule has 0 N–H and O–H groups in total. The van der Waals surface area contributed by atoms with Crippen molar-refractivity contribution in [3.05, 3.63) is 72.9 Å². The van der Waals surface area contributed by atoms with Gasteiger partial charge in [-0.25, -0.2) is 0 Å². The smallest absolute Gasteiger partial charge is 0.306 e. The third-order valence-corrected chi connectivity index (χ3v) is 13.9. The van der Waals surface area contributed by atoms with Gasteiger partial charge in [-0.05, 0) is 89.9 Å². The Balaban J connectivity index is 4.32. The molecule has 74 heavy (non-hydrogen) atoms. The fraction of sp³-hybridized carbons (Fsp3) is 0.779. The normalized spacial score (nSPS) is 12.5. The summed E-state index contributed by atoms with van der Waals surface area (Å²) < 4.78 is 16.9. The average Bonchev–Trinajstić information content (AvgIpc) is 3.40. The van der Waals surface area contributed by atoms with Crippen LogP contribution in [0.2, 0.25) is 0 Å². The highest BCUT2D eigenvalue weighted by atomic mass is 16.6. The van der Waals surface area contributed by atoms with E-state index in [1.807, 2.05) is 0 Å². The molecule has 1 unspecified atom stereocenters. The van der Waals surface area contributed by atoms with Gasteiger partial charge in [-0.1, -0.05) is 286 Å². The van der Waals surface area contributed by atoms with Gasteiger partial charge >= 0.3 is 17.9 Å². The zero-order valence-electron chi connectivity index (χ0n) is 49.1. The van der Waals surface area contributed by atoms with Gasteiger partial charge in [0.2, 0.25) is 0 Å². The van der Waals surface area contributed by atoms with E-state index in [0.717, 1.165) is 109 Å². The first-order chi connectivity index (χ1) is 36.5. The average molecular weight is 1030 g/mol. The summed E-state index contributed by atoms with van der Waals surface area (Å²) in [5, 5.41) is 0. The summed E-state index contributed by atoms with van der Waals surface area (Å²) in [4.78, 5) is 38.3. The van der Waals surface area contributed by atoms with Crippen molar-refractivity contribution in [2.75, 3.05) is 13.2 Å². The van der Waals surface area contributed by atoms with Gasteiger partial charge in [0.15, 0.2) is 6.10 Å². The van der Waals surface area contributed by atoms with Crippen LogP contribution in [0.25, 0.3) is 0 Å². The summed E-state index contributed by atoms with van der Waals surface area (Å²) in [5.41, 5.74) is 0. The largest absolute Gasteiger partial charge is 0.462 e. The first-order valence-corrected chi connectivity index (χ1v) is 31.9. The molecule has 0 aromatic rings. The van der Waals surface area contributed by atoms with Crippen LogP contribution < -0.4 is 0 Å². The molecule has 0 heterocycles. The van der Waals surface area contributed by atoms with E-state index in [-0.39, 0.29) is 31.1 Å². The Bertz CT molecular complexity index is 1370. The van der Waals surface area contributed by atoms with E-state index in [2.05, 4.69) is 93.7 Å². The molecule has 0 saturated heterocycles. The van der Waals surface area contributed by atoms with Gasteiger partial charge in [-0.3, -0.25) is 14.4 Å². The number of carbonyl (C=O) groups is 3. The maximum atomic E-state index is 12.9. The van der Waals surface area contributed by atoms with Crippen LogP contribution in [0.1, 0.15) is 323 Å². The van der Waals surface area contributed by atoms with Gasteiger partial charge in [0.05, 0.1) is 0 Å². The summed E-state index contributed by atoms with van der Waals surface area (Å²) in [6.45, 7) is 6.50. The SMILES string of the molecule is CC/C=C\C/C=C\C/C=C\C/C=C\CCCCC(=O)OCC(COC(=O)CCCCCCCCCCCCCCCCCCCCCCCCCCC)OC(=O)CCCCCCC/C=C\C/C=C\CCCCCC. The van der Waals surface area contributed by atoms with E-state index in [0.29, 0.717) is 19.3 Å². The highest BCUT2D eigenvalue weighted by Gasteiger charge is 2.19. The minimum atomic E-state index is -0.800. The number of allylic oxidation sites excluding steroid dienone is 12. The van der Waals surface area contributed by atoms with Crippen LogP contribution in [-0.2, 0) is 28.6 Å². The first-order valence-electron chi connectivity index (χ1n) is 31.9. The lowest BCUT2D eigenvalue weighted by atomic mass is 10.0. The Labute approximate surface area is 459 Å². The molecule has 0 spiro atoms. The molecule has 0 bridgehead atoms. The molecule has 0 saturated carbocycles. The molecule has 1 atom stereocenters. The Morgan fingerprint density at radius 2 is 0.527 bits per heavy atom. The number of rotatable bonds is 58. The molecule has 0 fully saturated rings. The van der Waals surface area contributed by atoms with Gasteiger partial charge < -0.3 is 14.2 Å². The molecule has 6 heteroatoms. The van der Waals surface area contributed by atoms with Crippen LogP contribution in [0.4, 0.5) is 0 Å². The molecule has 0 rings (SSSR count). The minimum Gasteiger partial charge on any atom is -0.462 e. The standard InChI is InChI=1S/C68H120O6/c1-4-7-10-13-16-19-22-25-28-30-31-32-33-34-35-36-37-38-41-43-46-49-52-55-58-61-67(70)73-64-65(63-72-66(69)60-57-54-51-48-45-42-39-27-24-21-18-15-12-9-6-3)74-68(71)62-59-56-53-50-47-44-40-29-26-23-20-17-14-11-8-5-2/h9,12,18,20-21,23,27,29,39-40,45,48,65H,4-8,10-11,13-17,19,22,24-26,28,30-38,41-44,46-47,49-64H2,1-3H3/b12-9-,21-18-,23-20-,39-27-,40-29-,48-45-. The summed E-state index contributed by atoms with van der Waals surface area (Å²) >= 11 is 0. The number of esters is 3. The third-order valence-electron chi connectivity index (χ3n) is 13.9. The van der Waals surface area contributed by atoms with Crippen molar-refractivity contribution in [2.24, 2.45) is 0 Å². The van der Waals surface area contributed by atoms with Gasteiger partial charge in [0.25, 0.3) is 0 Å². The minimum absolute atomic E-state index is 0.0919. The van der Waals surface area contributed by atoms with Crippen molar-refractivity contribution < 1.29 is 28.6 Å². The van der Waals surface area contributed by atoms with E-state index in [4.69, 9.17) is 14.2 Å². The van der Waals surface area contributed by atoms with Gasteiger partial charge in [0.1, 0.15) is 13.2 Å². The number of carbonyl (C=O) groups excluding carboxylic acids is 3. The highest BCUT2D eigenvalue weighted by molar-refractivity contribution is 5.71. The summed E-state index contributed by atoms with van der Waals surface area (Å²) in [7, 11) is 0. The predicted octanol–water partition coefficient (Wildman–Crippen LogP) is 21.7. The molecule has 0 amide bonds. The molecule has 428 valence electrons. The van der Waals surface area contributed by atoms with Crippen LogP contribution in [0.5, 0.6) is 0 Å². The van der Waals surface area contributed by atoms with Crippen molar-refractivity contribution in [2.45, 2.75) is 329 Å². The molecule has 0 aliphatic heterocycles. The molecule has 0 aliphatic rings. The van der Waals surface area contributed by atoms with Gasteiger partial charge in [-0.15, -0.1) is 0 Å². The van der Waals surface area contributed by atoms with Crippen molar-refractivity contribution in [1.82, 2.24) is 0 Å². The summed E-state index contributed by atoms with van der Waals surface area (Å²) in [5.74, 6) is -0.935. The number of hydrogen-bond donors (Lipinski definition) is 0. The first kappa shape index (κ1) is 70.8. The van der Waals surface area contributed by atoms with E-state index in [1.165, 1.54) is 173 Å². The second-order valence-corrected chi connectivity index (χ2v) is 21.3. The topological polar surface area (TPSA) is 78.9 Å². The molecule has 0 aromatic heterocycles. The van der Waals surface area contributed by atoms with Crippen molar-refractivity contribution in [1.29, 1.82) is 0 Å². The Morgan fingerprint density at radius 1 is 0.284 bits per heavy atom. The summed E-state index contributed by atoms with van der Waals surface area (Å²) in [6.07, 6.45) is 80.6. The highest BCUT2D eigenvalue weighted by Crippen LogP contribution is 2.17. The Hall–Kier alpha value is -3.15. The summed E-state index contributed by atoms with van der Waals surface area (Å²) in [6, 6.07) is 0. The molecular formula is C68H120O6. The molecule has 0 radical (unpaired) electrons.